The number of carbonyl (C=O) groups excluding carboxylic acids is 2. The molecule has 10 nitrogen and oxygen atoms in total. The van der Waals surface area contributed by atoms with Crippen LogP contribution in [0.2, 0.25) is 0 Å². The highest BCUT2D eigenvalue weighted by Crippen LogP contribution is 2.20. The minimum atomic E-state index is -4.21. The third-order valence-corrected chi connectivity index (χ3v) is 6.07. The average molecular weight is 459 g/mol. The molecular formula is C21H21N3O7S. The topological polar surface area (TPSA) is 126 Å². The molecule has 0 aliphatic rings. The molecule has 1 N–H and O–H groups in total. The SMILES string of the molecule is COC(=O)COC(=O)c1cccc(S(=O)(=O)Nc2c(C)n(C)n(-c3ccccc3)c2=O)c1. The summed E-state index contributed by atoms with van der Waals surface area (Å²) in [4.78, 5) is 36.0. The van der Waals surface area contributed by atoms with Gasteiger partial charge in [-0.15, -0.1) is 0 Å². The summed E-state index contributed by atoms with van der Waals surface area (Å²) >= 11 is 0. The molecule has 0 saturated carbocycles. The smallest absolute Gasteiger partial charge is 0.344 e. The highest BCUT2D eigenvalue weighted by molar-refractivity contribution is 7.92. The molecule has 0 atom stereocenters. The second kappa shape index (κ2) is 9.10. The number of benzene rings is 2. The van der Waals surface area contributed by atoms with Crippen LogP contribution in [-0.2, 0) is 31.3 Å². The van der Waals surface area contributed by atoms with Gasteiger partial charge in [0.15, 0.2) is 6.61 Å². The first kappa shape index (κ1) is 22.8. The Kier molecular flexibility index (Phi) is 6.49. The number of ether oxygens (including phenoxy) is 2. The van der Waals surface area contributed by atoms with E-state index in [0.717, 1.165) is 13.2 Å². The van der Waals surface area contributed by atoms with Crippen molar-refractivity contribution in [2.75, 3.05) is 18.4 Å². The lowest BCUT2D eigenvalue weighted by molar-refractivity contribution is -0.144. The van der Waals surface area contributed by atoms with Gasteiger partial charge < -0.3 is 9.47 Å². The largest absolute Gasteiger partial charge is 0.466 e. The van der Waals surface area contributed by atoms with Gasteiger partial charge in [0.05, 0.1) is 29.0 Å². The number of anilines is 1. The predicted octanol–water partition coefficient (Wildman–Crippen LogP) is 1.62. The van der Waals surface area contributed by atoms with E-state index in [2.05, 4.69) is 9.46 Å². The number of carbonyl (C=O) groups is 2. The molecule has 2 aromatic carbocycles. The second-order valence-electron chi connectivity index (χ2n) is 6.72. The summed E-state index contributed by atoms with van der Waals surface area (Å²) in [5.74, 6) is -1.65. The lowest BCUT2D eigenvalue weighted by Gasteiger charge is -2.09. The highest BCUT2D eigenvalue weighted by Gasteiger charge is 2.23. The van der Waals surface area contributed by atoms with Gasteiger partial charge in [-0.3, -0.25) is 14.2 Å². The molecule has 0 fully saturated rings. The van der Waals surface area contributed by atoms with Gasteiger partial charge >= 0.3 is 11.9 Å². The van der Waals surface area contributed by atoms with E-state index < -0.39 is 34.1 Å². The minimum absolute atomic E-state index is 0.0803. The zero-order chi connectivity index (χ0) is 23.5. The predicted molar refractivity (Wildman–Crippen MR) is 115 cm³/mol. The fraction of sp³-hybridized carbons (Fsp3) is 0.190. The summed E-state index contributed by atoms with van der Waals surface area (Å²) in [5, 5.41) is 0. The molecule has 3 aromatic rings. The van der Waals surface area contributed by atoms with E-state index in [1.165, 1.54) is 27.6 Å². The van der Waals surface area contributed by atoms with Crippen LogP contribution in [0.15, 0.2) is 64.3 Å². The normalized spacial score (nSPS) is 11.1. The molecule has 0 unspecified atom stereocenters. The number of hydrogen-bond donors (Lipinski definition) is 1. The van der Waals surface area contributed by atoms with Gasteiger partial charge in [0, 0.05) is 7.05 Å². The van der Waals surface area contributed by atoms with Crippen molar-refractivity contribution < 1.29 is 27.5 Å². The first-order valence-corrected chi connectivity index (χ1v) is 10.8. The monoisotopic (exact) mass is 459 g/mol. The Balaban J connectivity index is 1.92. The maximum absolute atomic E-state index is 13.0. The van der Waals surface area contributed by atoms with Gasteiger partial charge in [0.2, 0.25) is 0 Å². The van der Waals surface area contributed by atoms with Gasteiger partial charge in [0.1, 0.15) is 5.69 Å². The molecule has 0 saturated heterocycles. The lowest BCUT2D eigenvalue weighted by Crippen LogP contribution is -2.23. The summed E-state index contributed by atoms with van der Waals surface area (Å²) in [7, 11) is -1.43. The molecule has 0 radical (unpaired) electrons. The van der Waals surface area contributed by atoms with Crippen LogP contribution in [0.5, 0.6) is 0 Å². The number of nitrogens with one attached hydrogen (secondary N) is 1. The summed E-state index contributed by atoms with van der Waals surface area (Å²) in [6.45, 7) is 1.01. The van der Waals surface area contributed by atoms with E-state index in [1.807, 2.05) is 0 Å². The van der Waals surface area contributed by atoms with Gasteiger partial charge in [-0.1, -0.05) is 24.3 Å². The summed E-state index contributed by atoms with van der Waals surface area (Å²) in [6, 6.07) is 13.8. The third kappa shape index (κ3) is 4.57. The van der Waals surface area contributed by atoms with E-state index >= 15 is 0 Å². The molecule has 168 valence electrons. The molecule has 0 amide bonds. The maximum atomic E-state index is 13.0. The Hall–Kier alpha value is -3.86. The standard InChI is InChI=1S/C21H21N3O7S/c1-14-19(20(26)24(23(14)2)16-9-5-4-6-10-16)22-32(28,29)17-11-7-8-15(12-17)21(27)31-13-18(25)30-3/h4-12,22H,13H2,1-3H3. The Bertz CT molecular complexity index is 1330. The Morgan fingerprint density at radius 1 is 1.06 bits per heavy atom. The summed E-state index contributed by atoms with van der Waals surface area (Å²) < 4.78 is 40.3. The average Bonchev–Trinajstić information content (AvgIpc) is 3.00. The molecular weight excluding hydrogens is 438 g/mol. The molecule has 0 bridgehead atoms. The van der Waals surface area contributed by atoms with Crippen molar-refractivity contribution in [1.29, 1.82) is 0 Å². The van der Waals surface area contributed by atoms with Crippen molar-refractivity contribution in [3.8, 4) is 5.69 Å². The third-order valence-electron chi connectivity index (χ3n) is 4.72. The molecule has 11 heteroatoms. The van der Waals surface area contributed by atoms with Crippen LogP contribution < -0.4 is 10.3 Å². The molecule has 0 aliphatic carbocycles. The van der Waals surface area contributed by atoms with Crippen molar-refractivity contribution in [1.82, 2.24) is 9.36 Å². The fourth-order valence-corrected chi connectivity index (χ4v) is 4.10. The number of methoxy groups -OCH3 is 1. The van der Waals surface area contributed by atoms with Gasteiger partial charge in [0.25, 0.3) is 15.6 Å². The number of rotatable bonds is 7. The second-order valence-corrected chi connectivity index (χ2v) is 8.40. The van der Waals surface area contributed by atoms with E-state index in [1.54, 1.807) is 44.3 Å². The zero-order valence-corrected chi connectivity index (χ0v) is 18.4. The van der Waals surface area contributed by atoms with Crippen molar-refractivity contribution >= 4 is 27.6 Å². The van der Waals surface area contributed by atoms with E-state index in [4.69, 9.17) is 4.74 Å². The summed E-state index contributed by atoms with van der Waals surface area (Å²) in [5.41, 5.74) is 0.228. The van der Waals surface area contributed by atoms with Crippen LogP contribution in [0.4, 0.5) is 5.69 Å². The molecule has 32 heavy (non-hydrogen) atoms. The van der Waals surface area contributed by atoms with Crippen LogP contribution >= 0.6 is 0 Å². The molecule has 0 aliphatic heterocycles. The van der Waals surface area contributed by atoms with Crippen molar-refractivity contribution in [3.05, 3.63) is 76.2 Å². The number of para-hydroxylation sites is 1. The van der Waals surface area contributed by atoms with E-state index in [0.29, 0.717) is 11.4 Å². The van der Waals surface area contributed by atoms with E-state index in [-0.39, 0.29) is 16.1 Å². The first-order chi connectivity index (χ1) is 15.2. The number of aromatic nitrogens is 2. The fourth-order valence-electron chi connectivity index (χ4n) is 2.94. The molecule has 0 spiro atoms. The van der Waals surface area contributed by atoms with E-state index in [9.17, 15) is 22.8 Å². The first-order valence-electron chi connectivity index (χ1n) is 9.36. The quantitative estimate of drug-likeness (QED) is 0.532. The van der Waals surface area contributed by atoms with Crippen LogP contribution in [0.1, 0.15) is 16.1 Å². The molecule has 1 heterocycles. The molecule has 3 rings (SSSR count). The molecule has 1 aromatic heterocycles. The number of hydrogen-bond acceptors (Lipinski definition) is 7. The Labute approximate surface area is 184 Å². The number of esters is 2. The van der Waals surface area contributed by atoms with Crippen LogP contribution in [0.25, 0.3) is 5.69 Å². The van der Waals surface area contributed by atoms with Crippen molar-refractivity contribution in [3.63, 3.8) is 0 Å². The zero-order valence-electron chi connectivity index (χ0n) is 17.6. The van der Waals surface area contributed by atoms with Crippen LogP contribution in [0, 0.1) is 6.92 Å². The minimum Gasteiger partial charge on any atom is -0.466 e. The summed E-state index contributed by atoms with van der Waals surface area (Å²) in [6.07, 6.45) is 0. The van der Waals surface area contributed by atoms with Gasteiger partial charge in [-0.2, -0.15) is 0 Å². The van der Waals surface area contributed by atoms with Crippen molar-refractivity contribution in [2.24, 2.45) is 7.05 Å². The number of sulfonamides is 1. The highest BCUT2D eigenvalue weighted by atomic mass is 32.2. The van der Waals surface area contributed by atoms with Crippen molar-refractivity contribution in [2.45, 2.75) is 11.8 Å². The van der Waals surface area contributed by atoms with Gasteiger partial charge in [-0.25, -0.2) is 22.7 Å². The van der Waals surface area contributed by atoms with Crippen LogP contribution in [0.3, 0.4) is 0 Å². The lowest BCUT2D eigenvalue weighted by atomic mass is 10.2. The Morgan fingerprint density at radius 3 is 2.41 bits per heavy atom. The van der Waals surface area contributed by atoms with Gasteiger partial charge in [-0.05, 0) is 37.3 Å². The van der Waals surface area contributed by atoms with Crippen LogP contribution in [-0.4, -0.2) is 43.4 Å². The Morgan fingerprint density at radius 2 is 1.75 bits per heavy atom. The maximum Gasteiger partial charge on any atom is 0.344 e. The number of nitrogens with zero attached hydrogens (tertiary/aromatic N) is 2.